The molecule has 0 aromatic carbocycles. The van der Waals surface area contributed by atoms with E-state index in [4.69, 9.17) is 5.11 Å². The Labute approximate surface area is 124 Å². The van der Waals surface area contributed by atoms with Gasteiger partial charge in [0.05, 0.1) is 6.61 Å². The van der Waals surface area contributed by atoms with E-state index in [1.165, 1.54) is 11.3 Å². The van der Waals surface area contributed by atoms with Crippen molar-refractivity contribution in [2.24, 2.45) is 0 Å². The third-order valence-corrected chi connectivity index (χ3v) is 7.14. The quantitative estimate of drug-likeness (QED) is 0.880. The molecule has 1 aromatic rings. The normalized spacial score (nSPS) is 19.1. The summed E-state index contributed by atoms with van der Waals surface area (Å²) in [5.74, 6) is 0. The Balaban J connectivity index is 2.09. The molecule has 1 aliphatic heterocycles. The fraction of sp³-hybridized carbons (Fsp3) is 0.692. The van der Waals surface area contributed by atoms with Gasteiger partial charge in [-0.15, -0.1) is 11.3 Å². The highest BCUT2D eigenvalue weighted by Gasteiger charge is 2.27. The first-order chi connectivity index (χ1) is 9.57. The van der Waals surface area contributed by atoms with Crippen LogP contribution in [0.3, 0.4) is 0 Å². The van der Waals surface area contributed by atoms with E-state index in [9.17, 15) is 8.42 Å². The SMILES string of the molecule is CCc1ccc(S(=O)(=O)N2CCCN(CCO)CC2)s1. The Kier molecular flexibility index (Phi) is 5.57. The highest BCUT2D eigenvalue weighted by Crippen LogP contribution is 2.25. The molecule has 0 bridgehead atoms. The number of aryl methyl sites for hydroxylation is 1. The number of sulfonamides is 1. The Morgan fingerprint density at radius 3 is 2.70 bits per heavy atom. The Morgan fingerprint density at radius 2 is 2.05 bits per heavy atom. The maximum absolute atomic E-state index is 12.6. The van der Waals surface area contributed by atoms with E-state index in [2.05, 4.69) is 4.90 Å². The molecule has 0 unspecified atom stereocenters. The molecule has 0 aliphatic carbocycles. The van der Waals surface area contributed by atoms with Crippen LogP contribution in [0.25, 0.3) is 0 Å². The van der Waals surface area contributed by atoms with E-state index in [1.54, 1.807) is 10.4 Å². The first-order valence-corrected chi connectivity index (χ1v) is 9.25. The number of thiophene rings is 1. The molecule has 7 heteroatoms. The minimum atomic E-state index is -3.35. The second-order valence-electron chi connectivity index (χ2n) is 4.90. The molecular formula is C13H22N2O3S2. The van der Waals surface area contributed by atoms with Crippen molar-refractivity contribution in [1.29, 1.82) is 0 Å². The molecule has 1 aliphatic rings. The predicted octanol–water partition coefficient (Wildman–Crippen LogP) is 0.999. The van der Waals surface area contributed by atoms with Crippen molar-refractivity contribution in [2.75, 3.05) is 39.3 Å². The number of nitrogens with zero attached hydrogens (tertiary/aromatic N) is 2. The minimum Gasteiger partial charge on any atom is -0.395 e. The van der Waals surface area contributed by atoms with Crippen LogP contribution in [-0.4, -0.2) is 62.1 Å². The maximum Gasteiger partial charge on any atom is 0.252 e. The standard InChI is InChI=1S/C13H22N2O3S2/c1-2-12-4-5-13(19-12)20(17,18)15-7-3-6-14(8-9-15)10-11-16/h4-5,16H,2-3,6-11H2,1H3. The number of rotatable bonds is 5. The molecule has 0 saturated carbocycles. The lowest BCUT2D eigenvalue weighted by molar-refractivity contribution is 0.202. The van der Waals surface area contributed by atoms with E-state index in [1.807, 2.05) is 13.0 Å². The van der Waals surface area contributed by atoms with Crippen LogP contribution in [-0.2, 0) is 16.4 Å². The van der Waals surface area contributed by atoms with Gasteiger partial charge in [0, 0.05) is 31.1 Å². The van der Waals surface area contributed by atoms with Gasteiger partial charge in [-0.2, -0.15) is 4.31 Å². The summed E-state index contributed by atoms with van der Waals surface area (Å²) < 4.78 is 27.2. The first-order valence-electron chi connectivity index (χ1n) is 7.00. The van der Waals surface area contributed by atoms with Crippen LogP contribution in [0.15, 0.2) is 16.3 Å². The Hall–Kier alpha value is -0.470. The molecule has 2 rings (SSSR count). The van der Waals surface area contributed by atoms with Gasteiger partial charge in [-0.25, -0.2) is 8.42 Å². The van der Waals surface area contributed by atoms with E-state index in [0.717, 1.165) is 24.3 Å². The van der Waals surface area contributed by atoms with Crippen molar-refractivity contribution in [1.82, 2.24) is 9.21 Å². The Morgan fingerprint density at radius 1 is 1.25 bits per heavy atom. The number of aliphatic hydroxyl groups excluding tert-OH is 1. The smallest absolute Gasteiger partial charge is 0.252 e. The highest BCUT2D eigenvalue weighted by atomic mass is 32.2. The van der Waals surface area contributed by atoms with Crippen molar-refractivity contribution in [3.63, 3.8) is 0 Å². The second-order valence-corrected chi connectivity index (χ2v) is 8.23. The summed E-state index contributed by atoms with van der Waals surface area (Å²) in [5.41, 5.74) is 0. The monoisotopic (exact) mass is 318 g/mol. The summed E-state index contributed by atoms with van der Waals surface area (Å²) in [6.45, 7) is 5.36. The molecule has 5 nitrogen and oxygen atoms in total. The fourth-order valence-electron chi connectivity index (χ4n) is 2.37. The largest absolute Gasteiger partial charge is 0.395 e. The molecular weight excluding hydrogens is 296 g/mol. The molecule has 0 spiro atoms. The minimum absolute atomic E-state index is 0.123. The van der Waals surface area contributed by atoms with Gasteiger partial charge in [-0.3, -0.25) is 4.90 Å². The van der Waals surface area contributed by atoms with Gasteiger partial charge in [0.2, 0.25) is 0 Å². The number of hydrogen-bond acceptors (Lipinski definition) is 5. The molecule has 1 N–H and O–H groups in total. The van der Waals surface area contributed by atoms with Crippen LogP contribution >= 0.6 is 11.3 Å². The zero-order valence-corrected chi connectivity index (χ0v) is 13.4. The van der Waals surface area contributed by atoms with Crippen LogP contribution in [0.4, 0.5) is 0 Å². The van der Waals surface area contributed by atoms with Gasteiger partial charge in [0.25, 0.3) is 10.0 Å². The molecule has 0 amide bonds. The molecule has 20 heavy (non-hydrogen) atoms. The lowest BCUT2D eigenvalue weighted by Gasteiger charge is -2.20. The topological polar surface area (TPSA) is 60.9 Å². The van der Waals surface area contributed by atoms with Crippen LogP contribution in [0, 0.1) is 0 Å². The van der Waals surface area contributed by atoms with E-state index < -0.39 is 10.0 Å². The van der Waals surface area contributed by atoms with Gasteiger partial charge in [-0.1, -0.05) is 6.92 Å². The maximum atomic E-state index is 12.6. The lowest BCUT2D eigenvalue weighted by atomic mass is 10.4. The summed E-state index contributed by atoms with van der Waals surface area (Å²) in [7, 11) is -3.35. The lowest BCUT2D eigenvalue weighted by Crippen LogP contribution is -2.35. The van der Waals surface area contributed by atoms with E-state index in [-0.39, 0.29) is 6.61 Å². The van der Waals surface area contributed by atoms with Crippen LogP contribution in [0.2, 0.25) is 0 Å². The van der Waals surface area contributed by atoms with E-state index >= 15 is 0 Å². The van der Waals surface area contributed by atoms with Crippen LogP contribution < -0.4 is 0 Å². The van der Waals surface area contributed by atoms with Crippen LogP contribution in [0.5, 0.6) is 0 Å². The summed E-state index contributed by atoms with van der Waals surface area (Å²) >= 11 is 1.37. The first kappa shape index (κ1) is 15.9. The average molecular weight is 318 g/mol. The number of aliphatic hydroxyl groups is 1. The van der Waals surface area contributed by atoms with Crippen molar-refractivity contribution in [3.05, 3.63) is 17.0 Å². The highest BCUT2D eigenvalue weighted by molar-refractivity contribution is 7.91. The predicted molar refractivity (Wildman–Crippen MR) is 80.6 cm³/mol. The molecule has 1 fully saturated rings. The van der Waals surface area contributed by atoms with Crippen molar-refractivity contribution < 1.29 is 13.5 Å². The molecule has 2 heterocycles. The fourth-order valence-corrected chi connectivity index (χ4v) is 5.29. The molecule has 0 radical (unpaired) electrons. The summed E-state index contributed by atoms with van der Waals surface area (Å²) in [6.07, 6.45) is 1.68. The average Bonchev–Trinajstić information content (AvgIpc) is 2.80. The number of β-amino-alcohol motifs (C(OH)–C–C–N with tert-alkyl or cyclic N) is 1. The molecule has 1 saturated heterocycles. The second kappa shape index (κ2) is 7.00. The summed E-state index contributed by atoms with van der Waals surface area (Å²) in [4.78, 5) is 3.21. The van der Waals surface area contributed by atoms with Gasteiger partial charge in [-0.05, 0) is 31.5 Å². The zero-order chi connectivity index (χ0) is 14.6. The van der Waals surface area contributed by atoms with Gasteiger partial charge in [0.1, 0.15) is 4.21 Å². The van der Waals surface area contributed by atoms with Crippen molar-refractivity contribution in [2.45, 2.75) is 24.0 Å². The Bertz CT molecular complexity index is 527. The van der Waals surface area contributed by atoms with Gasteiger partial charge < -0.3 is 5.11 Å². The summed E-state index contributed by atoms with van der Waals surface area (Å²) in [6, 6.07) is 3.61. The van der Waals surface area contributed by atoms with Gasteiger partial charge >= 0.3 is 0 Å². The zero-order valence-electron chi connectivity index (χ0n) is 11.8. The summed E-state index contributed by atoms with van der Waals surface area (Å²) in [5, 5.41) is 8.97. The molecule has 1 aromatic heterocycles. The van der Waals surface area contributed by atoms with Crippen LogP contribution in [0.1, 0.15) is 18.2 Å². The van der Waals surface area contributed by atoms with E-state index in [0.29, 0.717) is 30.4 Å². The number of hydrogen-bond donors (Lipinski definition) is 1. The third-order valence-electron chi connectivity index (χ3n) is 3.54. The van der Waals surface area contributed by atoms with Gasteiger partial charge in [0.15, 0.2) is 0 Å². The molecule has 114 valence electrons. The van der Waals surface area contributed by atoms with Crippen molar-refractivity contribution >= 4 is 21.4 Å². The molecule has 0 atom stereocenters. The third kappa shape index (κ3) is 3.59. The van der Waals surface area contributed by atoms with Crippen molar-refractivity contribution in [3.8, 4) is 0 Å².